The molecule has 3 rings (SSSR count). The van der Waals surface area contributed by atoms with Crippen molar-refractivity contribution in [2.75, 3.05) is 11.5 Å². The van der Waals surface area contributed by atoms with Gasteiger partial charge in [-0.2, -0.15) is 0 Å². The van der Waals surface area contributed by atoms with Crippen LogP contribution in [0.3, 0.4) is 0 Å². The maximum Gasteiger partial charge on any atom is 0.127 e. The fourth-order valence-electron chi connectivity index (χ4n) is 2.53. The van der Waals surface area contributed by atoms with E-state index in [0.29, 0.717) is 11.4 Å². The Morgan fingerprint density at radius 3 is 1.79 bits per heavy atom. The zero-order chi connectivity index (χ0) is 20.5. The highest BCUT2D eigenvalue weighted by Gasteiger charge is 1.98. The Kier molecular flexibility index (Phi) is 6.74. The van der Waals surface area contributed by atoms with Gasteiger partial charge in [0, 0.05) is 11.4 Å². The van der Waals surface area contributed by atoms with Crippen molar-refractivity contribution in [1.29, 1.82) is 0 Å². The maximum absolute atomic E-state index is 5.88. The predicted octanol–water partition coefficient (Wildman–Crippen LogP) is 6.20. The zero-order valence-electron chi connectivity index (χ0n) is 16.3. The average Bonchev–Trinajstić information content (AvgIpc) is 2.73. The SMILES string of the molecule is C\C=C/C(=C\C=C\c1ccc(Oc2ccc(N)cc2)cc1)Oc1ccc(N)cc1. The van der Waals surface area contributed by atoms with Crippen molar-refractivity contribution >= 4 is 17.5 Å². The lowest BCUT2D eigenvalue weighted by Gasteiger charge is -2.06. The molecule has 0 saturated carbocycles. The summed E-state index contributed by atoms with van der Waals surface area (Å²) in [7, 11) is 0. The summed E-state index contributed by atoms with van der Waals surface area (Å²) < 4.78 is 11.7. The Bertz CT molecular complexity index is 1000. The van der Waals surface area contributed by atoms with Gasteiger partial charge in [-0.05, 0) is 85.3 Å². The molecule has 4 heteroatoms. The number of allylic oxidation sites excluding steroid dienone is 4. The molecule has 0 radical (unpaired) electrons. The topological polar surface area (TPSA) is 70.5 Å². The average molecular weight is 384 g/mol. The van der Waals surface area contributed by atoms with Crippen LogP contribution >= 0.6 is 0 Å². The van der Waals surface area contributed by atoms with Crippen LogP contribution in [0, 0.1) is 0 Å². The monoisotopic (exact) mass is 384 g/mol. The van der Waals surface area contributed by atoms with E-state index in [1.807, 2.05) is 110 Å². The van der Waals surface area contributed by atoms with E-state index in [0.717, 1.165) is 28.6 Å². The molecule has 29 heavy (non-hydrogen) atoms. The molecule has 3 aromatic carbocycles. The van der Waals surface area contributed by atoms with Crippen LogP contribution in [0.25, 0.3) is 6.08 Å². The third kappa shape index (κ3) is 6.33. The lowest BCUT2D eigenvalue weighted by atomic mass is 10.2. The number of anilines is 2. The van der Waals surface area contributed by atoms with Crippen molar-refractivity contribution in [1.82, 2.24) is 0 Å². The van der Waals surface area contributed by atoms with Crippen LogP contribution in [0.5, 0.6) is 17.2 Å². The molecule has 0 fully saturated rings. The number of rotatable bonds is 7. The first kappa shape index (κ1) is 19.8. The molecule has 4 nitrogen and oxygen atoms in total. The van der Waals surface area contributed by atoms with Crippen LogP contribution in [0.2, 0.25) is 0 Å². The summed E-state index contributed by atoms with van der Waals surface area (Å²) in [5.74, 6) is 2.99. The van der Waals surface area contributed by atoms with Crippen LogP contribution in [0.1, 0.15) is 12.5 Å². The lowest BCUT2D eigenvalue weighted by molar-refractivity contribution is 0.444. The van der Waals surface area contributed by atoms with Crippen molar-refractivity contribution in [2.45, 2.75) is 6.92 Å². The highest BCUT2D eigenvalue weighted by molar-refractivity contribution is 5.53. The van der Waals surface area contributed by atoms with Crippen LogP contribution < -0.4 is 20.9 Å². The van der Waals surface area contributed by atoms with Gasteiger partial charge < -0.3 is 20.9 Å². The van der Waals surface area contributed by atoms with Crippen molar-refractivity contribution < 1.29 is 9.47 Å². The van der Waals surface area contributed by atoms with Gasteiger partial charge >= 0.3 is 0 Å². The zero-order valence-corrected chi connectivity index (χ0v) is 16.3. The summed E-state index contributed by atoms with van der Waals surface area (Å²) in [6, 6.07) is 22.5. The van der Waals surface area contributed by atoms with E-state index in [9.17, 15) is 0 Å². The molecule has 0 aliphatic rings. The van der Waals surface area contributed by atoms with Crippen molar-refractivity contribution in [3.8, 4) is 17.2 Å². The van der Waals surface area contributed by atoms with E-state index in [-0.39, 0.29) is 0 Å². The first-order valence-corrected chi connectivity index (χ1v) is 9.30. The standard InChI is InChI=1S/C25H24N2O2/c1-2-4-22(28-24-15-9-20(26)10-16-24)6-3-5-19-7-13-23(14-8-19)29-25-17-11-21(27)12-18-25/h2-18H,26-27H2,1H3/b4-2-,5-3+,22-6+. The highest BCUT2D eigenvalue weighted by Crippen LogP contribution is 2.23. The second-order valence-electron chi connectivity index (χ2n) is 6.34. The smallest absolute Gasteiger partial charge is 0.127 e. The molecule has 0 amide bonds. The minimum absolute atomic E-state index is 0.706. The summed E-state index contributed by atoms with van der Waals surface area (Å²) in [4.78, 5) is 0. The Hall–Kier alpha value is -3.92. The molecular formula is C25H24N2O2. The fourth-order valence-corrected chi connectivity index (χ4v) is 2.53. The third-order valence-electron chi connectivity index (χ3n) is 3.99. The molecule has 0 spiro atoms. The molecular weight excluding hydrogens is 360 g/mol. The number of benzene rings is 3. The quantitative estimate of drug-likeness (QED) is 0.289. The molecule has 0 aliphatic carbocycles. The molecule has 146 valence electrons. The molecule has 0 saturated heterocycles. The molecule has 0 aliphatic heterocycles. The Morgan fingerprint density at radius 2 is 1.24 bits per heavy atom. The Morgan fingerprint density at radius 1 is 0.724 bits per heavy atom. The van der Waals surface area contributed by atoms with E-state index < -0.39 is 0 Å². The highest BCUT2D eigenvalue weighted by atomic mass is 16.5. The van der Waals surface area contributed by atoms with Crippen molar-refractivity contribution in [3.63, 3.8) is 0 Å². The summed E-state index contributed by atoms with van der Waals surface area (Å²) in [5, 5.41) is 0. The van der Waals surface area contributed by atoms with E-state index in [1.165, 1.54) is 0 Å². The van der Waals surface area contributed by atoms with Gasteiger partial charge in [-0.15, -0.1) is 0 Å². The molecule has 3 aromatic rings. The lowest BCUT2D eigenvalue weighted by Crippen LogP contribution is -1.92. The van der Waals surface area contributed by atoms with Crippen molar-refractivity contribution in [2.24, 2.45) is 0 Å². The second-order valence-corrected chi connectivity index (χ2v) is 6.34. The maximum atomic E-state index is 5.88. The first-order chi connectivity index (χ1) is 14.1. The number of nitrogen functional groups attached to an aromatic ring is 2. The van der Waals surface area contributed by atoms with Gasteiger partial charge in [-0.1, -0.05) is 30.4 Å². The van der Waals surface area contributed by atoms with Gasteiger partial charge in [0.05, 0.1) is 0 Å². The van der Waals surface area contributed by atoms with Gasteiger partial charge in [0.2, 0.25) is 0 Å². The number of hydrogen-bond acceptors (Lipinski definition) is 4. The minimum Gasteiger partial charge on any atom is -0.457 e. The van der Waals surface area contributed by atoms with Gasteiger partial charge in [-0.3, -0.25) is 0 Å². The minimum atomic E-state index is 0.706. The normalized spacial score (nSPS) is 11.8. The first-order valence-electron chi connectivity index (χ1n) is 9.30. The van der Waals surface area contributed by atoms with E-state index in [1.54, 1.807) is 0 Å². The summed E-state index contributed by atoms with van der Waals surface area (Å²) in [6.07, 6.45) is 9.70. The second kappa shape index (κ2) is 9.85. The molecule has 0 unspecified atom stereocenters. The molecule has 0 aromatic heterocycles. The molecule has 4 N–H and O–H groups in total. The largest absolute Gasteiger partial charge is 0.457 e. The molecule has 0 bridgehead atoms. The van der Waals surface area contributed by atoms with Crippen LogP contribution in [-0.2, 0) is 0 Å². The van der Waals surface area contributed by atoms with Crippen LogP contribution in [0.4, 0.5) is 11.4 Å². The predicted molar refractivity (Wildman–Crippen MR) is 121 cm³/mol. The molecule has 0 atom stereocenters. The number of ether oxygens (including phenoxy) is 2. The van der Waals surface area contributed by atoms with Crippen LogP contribution in [0.15, 0.2) is 103 Å². The van der Waals surface area contributed by atoms with E-state index in [2.05, 4.69) is 0 Å². The Labute approximate surface area is 171 Å². The summed E-state index contributed by atoms with van der Waals surface area (Å²) >= 11 is 0. The fraction of sp³-hybridized carbons (Fsp3) is 0.0400. The van der Waals surface area contributed by atoms with Crippen LogP contribution in [-0.4, -0.2) is 0 Å². The number of nitrogens with two attached hydrogens (primary N) is 2. The third-order valence-corrected chi connectivity index (χ3v) is 3.99. The van der Waals surface area contributed by atoms with Gasteiger partial charge in [0.1, 0.15) is 23.0 Å². The van der Waals surface area contributed by atoms with E-state index >= 15 is 0 Å². The van der Waals surface area contributed by atoms with Gasteiger partial charge in [0.15, 0.2) is 0 Å². The number of hydrogen-bond donors (Lipinski definition) is 2. The Balaban J connectivity index is 1.63. The van der Waals surface area contributed by atoms with Crippen molar-refractivity contribution in [3.05, 3.63) is 108 Å². The van der Waals surface area contributed by atoms with E-state index in [4.69, 9.17) is 20.9 Å². The summed E-state index contributed by atoms with van der Waals surface area (Å²) in [6.45, 7) is 1.95. The molecule has 0 heterocycles. The summed E-state index contributed by atoms with van der Waals surface area (Å²) in [5.41, 5.74) is 13.9. The van der Waals surface area contributed by atoms with Gasteiger partial charge in [0.25, 0.3) is 0 Å². The van der Waals surface area contributed by atoms with Gasteiger partial charge in [-0.25, -0.2) is 0 Å².